The van der Waals surface area contributed by atoms with Crippen molar-refractivity contribution in [2.24, 2.45) is 11.1 Å². The fourth-order valence-electron chi connectivity index (χ4n) is 3.34. The summed E-state index contributed by atoms with van der Waals surface area (Å²) in [5.74, 6) is 1.03. The van der Waals surface area contributed by atoms with Crippen LogP contribution in [0.4, 0.5) is 0 Å². The molecule has 1 heterocycles. The zero-order chi connectivity index (χ0) is 14.2. The van der Waals surface area contributed by atoms with Gasteiger partial charge < -0.3 is 10.3 Å². The Morgan fingerprint density at radius 1 is 1.25 bits per heavy atom. The van der Waals surface area contributed by atoms with Crippen molar-refractivity contribution in [3.05, 3.63) is 42.7 Å². The smallest absolute Gasteiger partial charge is 0.140 e. The highest BCUT2D eigenvalue weighted by atomic mass is 15.1. The Bertz CT molecular complexity index is 571. The number of nitrogens with zero attached hydrogens (tertiary/aromatic N) is 2. The predicted molar refractivity (Wildman–Crippen MR) is 82.3 cm³/mol. The van der Waals surface area contributed by atoms with Gasteiger partial charge in [0.1, 0.15) is 5.82 Å². The van der Waals surface area contributed by atoms with Crippen molar-refractivity contribution in [3.63, 3.8) is 0 Å². The maximum Gasteiger partial charge on any atom is 0.140 e. The highest BCUT2D eigenvalue weighted by Crippen LogP contribution is 2.41. The standard InChI is InChI=1S/C17H23N3/c1-17(2)10-6-9-14(15(17)18)20-12-11-19-16(20)13-7-4-3-5-8-13/h3-5,7-8,11-12,14-15H,6,9-10,18H2,1-2H3. The summed E-state index contributed by atoms with van der Waals surface area (Å²) in [5, 5.41) is 0. The lowest BCUT2D eigenvalue weighted by Gasteiger charge is -2.42. The van der Waals surface area contributed by atoms with Gasteiger partial charge in [0.05, 0.1) is 6.04 Å². The second kappa shape index (κ2) is 5.06. The molecule has 20 heavy (non-hydrogen) atoms. The molecule has 2 unspecified atom stereocenters. The summed E-state index contributed by atoms with van der Waals surface area (Å²) in [6, 6.07) is 10.9. The molecule has 3 rings (SSSR count). The van der Waals surface area contributed by atoms with E-state index in [4.69, 9.17) is 5.73 Å². The number of nitrogens with two attached hydrogens (primary N) is 1. The van der Waals surface area contributed by atoms with Crippen LogP contribution >= 0.6 is 0 Å². The van der Waals surface area contributed by atoms with E-state index in [1.807, 2.05) is 12.3 Å². The molecule has 1 aliphatic carbocycles. The Morgan fingerprint density at radius 2 is 2.00 bits per heavy atom. The quantitative estimate of drug-likeness (QED) is 0.904. The van der Waals surface area contributed by atoms with Crippen LogP contribution in [0.2, 0.25) is 0 Å². The molecule has 0 aliphatic heterocycles. The Hall–Kier alpha value is -1.61. The third-order valence-electron chi connectivity index (χ3n) is 4.70. The highest BCUT2D eigenvalue weighted by Gasteiger charge is 2.37. The van der Waals surface area contributed by atoms with Gasteiger partial charge in [0, 0.05) is 24.0 Å². The monoisotopic (exact) mass is 269 g/mol. The molecule has 3 nitrogen and oxygen atoms in total. The summed E-state index contributed by atoms with van der Waals surface area (Å²) in [7, 11) is 0. The first kappa shape index (κ1) is 13.4. The molecule has 2 atom stereocenters. The number of hydrogen-bond donors (Lipinski definition) is 1. The van der Waals surface area contributed by atoms with Gasteiger partial charge in [0.15, 0.2) is 0 Å². The normalized spacial score (nSPS) is 25.6. The van der Waals surface area contributed by atoms with Crippen LogP contribution in [-0.2, 0) is 0 Å². The maximum atomic E-state index is 6.55. The van der Waals surface area contributed by atoms with E-state index >= 15 is 0 Å². The molecule has 0 amide bonds. The molecule has 1 fully saturated rings. The van der Waals surface area contributed by atoms with Crippen LogP contribution in [0.5, 0.6) is 0 Å². The molecule has 0 spiro atoms. The van der Waals surface area contributed by atoms with Crippen LogP contribution in [0.1, 0.15) is 39.2 Å². The van der Waals surface area contributed by atoms with Gasteiger partial charge in [-0.25, -0.2) is 4.98 Å². The molecule has 2 N–H and O–H groups in total. The van der Waals surface area contributed by atoms with Crippen molar-refractivity contribution in [1.82, 2.24) is 9.55 Å². The minimum Gasteiger partial charge on any atom is -0.326 e. The molecule has 0 saturated heterocycles. The van der Waals surface area contributed by atoms with Crippen LogP contribution in [0, 0.1) is 5.41 Å². The summed E-state index contributed by atoms with van der Waals surface area (Å²) < 4.78 is 2.28. The zero-order valence-corrected chi connectivity index (χ0v) is 12.3. The fourth-order valence-corrected chi connectivity index (χ4v) is 3.34. The first-order valence-corrected chi connectivity index (χ1v) is 7.43. The van der Waals surface area contributed by atoms with E-state index < -0.39 is 0 Å². The summed E-state index contributed by atoms with van der Waals surface area (Å²) in [6.45, 7) is 4.56. The van der Waals surface area contributed by atoms with Crippen LogP contribution in [-0.4, -0.2) is 15.6 Å². The van der Waals surface area contributed by atoms with Gasteiger partial charge in [-0.2, -0.15) is 0 Å². The lowest BCUT2D eigenvalue weighted by Crippen LogP contribution is -2.47. The minimum absolute atomic E-state index is 0.174. The van der Waals surface area contributed by atoms with Crippen LogP contribution in [0.15, 0.2) is 42.7 Å². The highest BCUT2D eigenvalue weighted by molar-refractivity contribution is 5.55. The van der Waals surface area contributed by atoms with E-state index in [1.54, 1.807) is 0 Å². The predicted octanol–water partition coefficient (Wildman–Crippen LogP) is 3.63. The van der Waals surface area contributed by atoms with E-state index in [9.17, 15) is 0 Å². The van der Waals surface area contributed by atoms with Gasteiger partial charge in [-0.05, 0) is 18.3 Å². The number of hydrogen-bond acceptors (Lipinski definition) is 2. The van der Waals surface area contributed by atoms with Gasteiger partial charge in [0.25, 0.3) is 0 Å². The molecule has 1 saturated carbocycles. The molecule has 1 aromatic heterocycles. The molecule has 0 radical (unpaired) electrons. The van der Waals surface area contributed by atoms with E-state index in [-0.39, 0.29) is 11.5 Å². The molecular weight excluding hydrogens is 246 g/mol. The van der Waals surface area contributed by atoms with Crippen molar-refractivity contribution in [1.29, 1.82) is 0 Å². The van der Waals surface area contributed by atoms with Crippen molar-refractivity contribution in [3.8, 4) is 11.4 Å². The number of rotatable bonds is 2. The van der Waals surface area contributed by atoms with E-state index in [2.05, 4.69) is 53.9 Å². The average molecular weight is 269 g/mol. The number of imidazole rings is 1. The van der Waals surface area contributed by atoms with Gasteiger partial charge >= 0.3 is 0 Å². The summed E-state index contributed by atoms with van der Waals surface area (Å²) in [4.78, 5) is 4.55. The third kappa shape index (κ3) is 2.27. The van der Waals surface area contributed by atoms with Crippen molar-refractivity contribution in [2.45, 2.75) is 45.2 Å². The van der Waals surface area contributed by atoms with Gasteiger partial charge in [0.2, 0.25) is 0 Å². The summed E-state index contributed by atoms with van der Waals surface area (Å²) in [6.07, 6.45) is 7.55. The first-order chi connectivity index (χ1) is 9.59. The second-order valence-corrected chi connectivity index (χ2v) is 6.50. The Labute approximate surface area is 120 Å². The molecule has 1 aromatic carbocycles. The van der Waals surface area contributed by atoms with Gasteiger partial charge in [-0.15, -0.1) is 0 Å². The van der Waals surface area contributed by atoms with E-state index in [0.717, 1.165) is 17.8 Å². The topological polar surface area (TPSA) is 43.8 Å². The molecular formula is C17H23N3. The van der Waals surface area contributed by atoms with E-state index in [0.29, 0.717) is 6.04 Å². The molecule has 106 valence electrons. The lowest BCUT2D eigenvalue weighted by atomic mass is 9.71. The maximum absolute atomic E-state index is 6.55. The zero-order valence-electron chi connectivity index (χ0n) is 12.3. The number of benzene rings is 1. The van der Waals surface area contributed by atoms with Crippen molar-refractivity contribution < 1.29 is 0 Å². The van der Waals surface area contributed by atoms with Crippen molar-refractivity contribution in [2.75, 3.05) is 0 Å². The summed E-state index contributed by atoms with van der Waals surface area (Å²) in [5.41, 5.74) is 7.90. The van der Waals surface area contributed by atoms with Gasteiger partial charge in [-0.3, -0.25) is 0 Å². The Balaban J connectivity index is 1.98. The third-order valence-corrected chi connectivity index (χ3v) is 4.70. The van der Waals surface area contributed by atoms with Crippen LogP contribution in [0.25, 0.3) is 11.4 Å². The molecule has 1 aliphatic rings. The average Bonchev–Trinajstić information content (AvgIpc) is 2.92. The van der Waals surface area contributed by atoms with Crippen molar-refractivity contribution >= 4 is 0 Å². The van der Waals surface area contributed by atoms with Crippen LogP contribution in [0.3, 0.4) is 0 Å². The second-order valence-electron chi connectivity index (χ2n) is 6.50. The Kier molecular flexibility index (Phi) is 3.38. The van der Waals surface area contributed by atoms with Crippen LogP contribution < -0.4 is 5.73 Å². The first-order valence-electron chi connectivity index (χ1n) is 7.43. The summed E-state index contributed by atoms with van der Waals surface area (Å²) >= 11 is 0. The lowest BCUT2D eigenvalue weighted by molar-refractivity contribution is 0.144. The molecule has 3 heteroatoms. The largest absolute Gasteiger partial charge is 0.326 e. The molecule has 0 bridgehead atoms. The number of aromatic nitrogens is 2. The minimum atomic E-state index is 0.174. The molecule has 2 aromatic rings. The van der Waals surface area contributed by atoms with E-state index in [1.165, 1.54) is 12.8 Å². The Morgan fingerprint density at radius 3 is 2.75 bits per heavy atom. The van der Waals surface area contributed by atoms with Gasteiger partial charge in [-0.1, -0.05) is 50.6 Å². The SMILES string of the molecule is CC1(C)CCCC(n2ccnc2-c2ccccc2)C1N. The fraction of sp³-hybridized carbons (Fsp3) is 0.471.